The molecule has 0 aliphatic carbocycles. The third-order valence-corrected chi connectivity index (χ3v) is 4.30. The van der Waals surface area contributed by atoms with Crippen LogP contribution in [0.3, 0.4) is 0 Å². The van der Waals surface area contributed by atoms with E-state index in [0.29, 0.717) is 0 Å². The van der Waals surface area contributed by atoms with Crippen LogP contribution >= 0.6 is 15.9 Å². The molecular formula is C15H13BrN2O. The van der Waals surface area contributed by atoms with Crippen LogP contribution in [0.15, 0.2) is 34.9 Å². The second-order valence-corrected chi connectivity index (χ2v) is 5.51. The van der Waals surface area contributed by atoms with Crippen LogP contribution < -0.4 is 5.32 Å². The molecule has 0 unspecified atom stereocenters. The molecule has 3 rings (SSSR count). The lowest BCUT2D eigenvalue weighted by atomic mass is 10.0. The fourth-order valence-corrected chi connectivity index (χ4v) is 2.68. The summed E-state index contributed by atoms with van der Waals surface area (Å²) in [6.45, 7) is 2.02. The number of fused-ring (bicyclic) bond motifs is 1. The van der Waals surface area contributed by atoms with E-state index in [4.69, 9.17) is 0 Å². The lowest BCUT2D eigenvalue weighted by Crippen LogP contribution is -2.04. The number of hydrogen-bond donors (Lipinski definition) is 1. The first kappa shape index (κ1) is 12.2. The third kappa shape index (κ3) is 1.92. The average molecular weight is 317 g/mol. The monoisotopic (exact) mass is 316 g/mol. The molecule has 1 aromatic heterocycles. The zero-order valence-corrected chi connectivity index (χ0v) is 12.3. The molecule has 1 aromatic carbocycles. The van der Waals surface area contributed by atoms with Crippen molar-refractivity contribution in [3.05, 3.63) is 51.8 Å². The van der Waals surface area contributed by atoms with Gasteiger partial charge in [0.2, 0.25) is 0 Å². The molecule has 0 bridgehead atoms. The zero-order valence-electron chi connectivity index (χ0n) is 10.7. The van der Waals surface area contributed by atoms with Gasteiger partial charge in [0.25, 0.3) is 5.91 Å². The number of benzene rings is 1. The zero-order chi connectivity index (χ0) is 13.6. The average Bonchev–Trinajstić information content (AvgIpc) is 2.91. The summed E-state index contributed by atoms with van der Waals surface area (Å²) < 4.78 is 3.01. The van der Waals surface area contributed by atoms with Gasteiger partial charge in [-0.05, 0) is 42.8 Å². The highest BCUT2D eigenvalue weighted by Gasteiger charge is 2.26. The van der Waals surface area contributed by atoms with Crippen molar-refractivity contribution in [2.45, 2.75) is 6.92 Å². The van der Waals surface area contributed by atoms with Crippen molar-refractivity contribution < 1.29 is 4.79 Å². The summed E-state index contributed by atoms with van der Waals surface area (Å²) in [5, 5.41) is 2.91. The van der Waals surface area contributed by atoms with Crippen molar-refractivity contribution in [2.24, 2.45) is 7.05 Å². The van der Waals surface area contributed by atoms with Crippen LogP contribution in [-0.4, -0.2) is 10.5 Å². The lowest BCUT2D eigenvalue weighted by molar-refractivity contribution is -0.110. The van der Waals surface area contributed by atoms with E-state index in [9.17, 15) is 4.79 Å². The predicted octanol–water partition coefficient (Wildman–Crippen LogP) is 3.59. The molecule has 4 heteroatoms. The summed E-state index contributed by atoms with van der Waals surface area (Å²) in [6.07, 6.45) is 3.90. The number of carbonyl (C=O) groups excluding carboxylic acids is 1. The van der Waals surface area contributed by atoms with Crippen LogP contribution in [-0.2, 0) is 11.8 Å². The van der Waals surface area contributed by atoms with Crippen LogP contribution in [0.25, 0.3) is 11.6 Å². The molecule has 1 N–H and O–H groups in total. The van der Waals surface area contributed by atoms with Crippen molar-refractivity contribution in [3.63, 3.8) is 0 Å². The van der Waals surface area contributed by atoms with E-state index in [1.54, 1.807) is 0 Å². The van der Waals surface area contributed by atoms with E-state index < -0.39 is 0 Å². The van der Waals surface area contributed by atoms with Crippen molar-refractivity contribution in [2.75, 3.05) is 5.32 Å². The SMILES string of the molecule is Cc1c(Br)ccc2c1C(=Cc1cccn1C)C(=O)N2. The number of hydrogen-bond acceptors (Lipinski definition) is 1. The van der Waals surface area contributed by atoms with E-state index in [1.165, 1.54) is 0 Å². The normalized spacial score (nSPS) is 15.7. The van der Waals surface area contributed by atoms with Crippen LogP contribution in [0, 0.1) is 6.92 Å². The summed E-state index contributed by atoms with van der Waals surface area (Å²) in [5.74, 6) is -0.0441. The number of rotatable bonds is 1. The number of nitrogens with one attached hydrogen (secondary N) is 1. The Morgan fingerprint density at radius 3 is 2.79 bits per heavy atom. The van der Waals surface area contributed by atoms with Crippen molar-refractivity contribution in [3.8, 4) is 0 Å². The minimum Gasteiger partial charge on any atom is -0.351 e. The Kier molecular flexibility index (Phi) is 2.82. The number of aryl methyl sites for hydroxylation is 1. The summed E-state index contributed by atoms with van der Waals surface area (Å²) in [6, 6.07) is 7.84. The van der Waals surface area contributed by atoms with E-state index in [2.05, 4.69) is 21.2 Å². The highest BCUT2D eigenvalue weighted by molar-refractivity contribution is 9.10. The molecule has 0 atom stereocenters. The highest BCUT2D eigenvalue weighted by Crippen LogP contribution is 2.38. The third-order valence-electron chi connectivity index (χ3n) is 3.44. The first-order chi connectivity index (χ1) is 9.08. The standard InChI is InChI=1S/C15H13BrN2O/c1-9-12(16)5-6-13-14(9)11(15(19)17-13)8-10-4-3-7-18(10)2/h3-8H,1-2H3,(H,17,19). The minimum absolute atomic E-state index is 0.0441. The van der Waals surface area contributed by atoms with E-state index in [-0.39, 0.29) is 5.91 Å². The molecule has 0 spiro atoms. The van der Waals surface area contributed by atoms with Crippen molar-refractivity contribution in [1.29, 1.82) is 0 Å². The Bertz CT molecular complexity index is 713. The molecule has 2 heterocycles. The smallest absolute Gasteiger partial charge is 0.256 e. The van der Waals surface area contributed by atoms with E-state index in [0.717, 1.165) is 32.6 Å². The number of carbonyl (C=O) groups is 1. The molecular weight excluding hydrogens is 304 g/mol. The van der Waals surface area contributed by atoms with Gasteiger partial charge < -0.3 is 9.88 Å². The topological polar surface area (TPSA) is 34.0 Å². The molecule has 19 heavy (non-hydrogen) atoms. The fourth-order valence-electron chi connectivity index (χ4n) is 2.35. The van der Waals surface area contributed by atoms with Crippen LogP contribution in [0.2, 0.25) is 0 Å². The maximum atomic E-state index is 12.1. The van der Waals surface area contributed by atoms with Gasteiger partial charge in [0, 0.05) is 34.7 Å². The van der Waals surface area contributed by atoms with E-state index in [1.807, 2.05) is 55.1 Å². The molecule has 2 aromatic rings. The van der Waals surface area contributed by atoms with Gasteiger partial charge in [-0.15, -0.1) is 0 Å². The first-order valence-electron chi connectivity index (χ1n) is 6.02. The van der Waals surface area contributed by atoms with Gasteiger partial charge in [0.1, 0.15) is 0 Å². The quantitative estimate of drug-likeness (QED) is 0.801. The maximum Gasteiger partial charge on any atom is 0.256 e. The Balaban J connectivity index is 2.21. The van der Waals surface area contributed by atoms with Crippen LogP contribution in [0.5, 0.6) is 0 Å². The van der Waals surface area contributed by atoms with Crippen molar-refractivity contribution >= 4 is 39.2 Å². The van der Waals surface area contributed by atoms with Crippen LogP contribution in [0.4, 0.5) is 5.69 Å². The molecule has 1 aliphatic heterocycles. The molecule has 1 amide bonds. The van der Waals surface area contributed by atoms with Gasteiger partial charge in [-0.3, -0.25) is 4.79 Å². The van der Waals surface area contributed by atoms with Gasteiger partial charge >= 0.3 is 0 Å². The number of nitrogens with zero attached hydrogens (tertiary/aromatic N) is 1. The predicted molar refractivity (Wildman–Crippen MR) is 80.8 cm³/mol. The molecule has 0 saturated heterocycles. The summed E-state index contributed by atoms with van der Waals surface area (Å²) in [5.41, 5.74) is 4.68. The van der Waals surface area contributed by atoms with Gasteiger partial charge in [0.05, 0.1) is 5.57 Å². The molecule has 0 fully saturated rings. The number of aromatic nitrogens is 1. The lowest BCUT2D eigenvalue weighted by Gasteiger charge is -2.06. The Labute approximate surface area is 120 Å². The molecule has 0 radical (unpaired) electrons. The summed E-state index contributed by atoms with van der Waals surface area (Å²) in [7, 11) is 1.97. The van der Waals surface area contributed by atoms with Gasteiger partial charge in [-0.1, -0.05) is 15.9 Å². The fraction of sp³-hybridized carbons (Fsp3) is 0.133. The highest BCUT2D eigenvalue weighted by atomic mass is 79.9. The van der Waals surface area contributed by atoms with Gasteiger partial charge in [-0.2, -0.15) is 0 Å². The molecule has 0 saturated carbocycles. The second-order valence-electron chi connectivity index (χ2n) is 4.65. The second kappa shape index (κ2) is 4.38. The maximum absolute atomic E-state index is 12.1. The number of anilines is 1. The first-order valence-corrected chi connectivity index (χ1v) is 6.81. The summed E-state index contributed by atoms with van der Waals surface area (Å²) >= 11 is 3.52. The molecule has 96 valence electrons. The minimum atomic E-state index is -0.0441. The molecule has 1 aliphatic rings. The van der Waals surface area contributed by atoms with Gasteiger partial charge in [-0.25, -0.2) is 0 Å². The summed E-state index contributed by atoms with van der Waals surface area (Å²) in [4.78, 5) is 12.1. The van der Waals surface area contributed by atoms with Gasteiger partial charge in [0.15, 0.2) is 0 Å². The Morgan fingerprint density at radius 1 is 1.32 bits per heavy atom. The van der Waals surface area contributed by atoms with Crippen molar-refractivity contribution in [1.82, 2.24) is 4.57 Å². The number of amides is 1. The Morgan fingerprint density at radius 2 is 2.11 bits per heavy atom. The number of halogens is 1. The molecule has 3 nitrogen and oxygen atoms in total. The largest absolute Gasteiger partial charge is 0.351 e. The van der Waals surface area contributed by atoms with Crippen LogP contribution in [0.1, 0.15) is 16.8 Å². The Hall–Kier alpha value is -1.81. The van der Waals surface area contributed by atoms with E-state index >= 15 is 0 Å².